The third-order valence-corrected chi connectivity index (χ3v) is 2.31. The highest BCUT2D eigenvalue weighted by Crippen LogP contribution is 2.41. The van der Waals surface area contributed by atoms with Crippen molar-refractivity contribution in [2.24, 2.45) is 17.6 Å². The normalized spacial score (nSPS) is 42.3. The molecule has 62 valence electrons. The number of piperidine rings is 1. The first-order chi connectivity index (χ1) is 3.88. The highest BCUT2D eigenvalue weighted by molar-refractivity contribution is 5.85. The molecule has 0 aromatic heterocycles. The maximum Gasteiger partial charge on any atom is 0.0197 e. The minimum atomic E-state index is 0. The summed E-state index contributed by atoms with van der Waals surface area (Å²) in [7, 11) is 0. The van der Waals surface area contributed by atoms with Crippen LogP contribution in [0.4, 0.5) is 0 Å². The number of halogens is 2. The van der Waals surface area contributed by atoms with Crippen LogP contribution in [0.2, 0.25) is 0 Å². The molecule has 0 amide bonds. The van der Waals surface area contributed by atoms with Crippen LogP contribution < -0.4 is 11.1 Å². The molecular formula is C6H14Cl2N2. The highest BCUT2D eigenvalue weighted by Gasteiger charge is 2.43. The van der Waals surface area contributed by atoms with Crippen molar-refractivity contribution in [3.63, 3.8) is 0 Å². The zero-order chi connectivity index (χ0) is 5.56. The quantitative estimate of drug-likeness (QED) is 0.573. The van der Waals surface area contributed by atoms with E-state index in [9.17, 15) is 0 Å². The topological polar surface area (TPSA) is 38.0 Å². The van der Waals surface area contributed by atoms with E-state index < -0.39 is 0 Å². The number of fused-ring (bicyclic) bond motifs is 1. The largest absolute Gasteiger partial charge is 0.326 e. The van der Waals surface area contributed by atoms with E-state index in [1.165, 1.54) is 13.0 Å². The zero-order valence-electron chi connectivity index (χ0n) is 5.75. The standard InChI is InChI=1S/C6H12N2.2ClH/c7-6-3-8-2-4-1-5(4)6;;/h4-6,8H,1-3,7H2;2*1H. The monoisotopic (exact) mass is 184 g/mol. The van der Waals surface area contributed by atoms with Crippen molar-refractivity contribution in [3.05, 3.63) is 0 Å². The van der Waals surface area contributed by atoms with Crippen molar-refractivity contribution < 1.29 is 0 Å². The van der Waals surface area contributed by atoms with Crippen LogP contribution in [0.3, 0.4) is 0 Å². The lowest BCUT2D eigenvalue weighted by molar-refractivity contribution is 0.437. The SMILES string of the molecule is Cl.Cl.NC1CNCC2CC12. The van der Waals surface area contributed by atoms with Crippen LogP contribution >= 0.6 is 24.8 Å². The van der Waals surface area contributed by atoms with Gasteiger partial charge in [0.05, 0.1) is 0 Å². The molecule has 1 aliphatic carbocycles. The van der Waals surface area contributed by atoms with E-state index in [-0.39, 0.29) is 24.8 Å². The molecule has 1 saturated heterocycles. The predicted molar refractivity (Wildman–Crippen MR) is 46.9 cm³/mol. The van der Waals surface area contributed by atoms with Crippen molar-refractivity contribution >= 4 is 24.8 Å². The molecule has 0 aromatic carbocycles. The van der Waals surface area contributed by atoms with Crippen LogP contribution in [0.1, 0.15) is 6.42 Å². The smallest absolute Gasteiger partial charge is 0.0197 e. The Hall–Kier alpha value is 0.500. The minimum absolute atomic E-state index is 0. The molecule has 0 aromatic rings. The summed E-state index contributed by atoms with van der Waals surface area (Å²) in [5.41, 5.74) is 5.76. The van der Waals surface area contributed by atoms with Gasteiger partial charge >= 0.3 is 0 Å². The van der Waals surface area contributed by atoms with E-state index in [1.807, 2.05) is 0 Å². The summed E-state index contributed by atoms with van der Waals surface area (Å²) >= 11 is 0. The lowest BCUT2D eigenvalue weighted by Gasteiger charge is -2.17. The number of hydrogen-bond acceptors (Lipinski definition) is 2. The molecule has 2 rings (SSSR count). The second-order valence-electron chi connectivity index (χ2n) is 2.98. The maximum absolute atomic E-state index is 5.76. The summed E-state index contributed by atoms with van der Waals surface area (Å²) in [5, 5.41) is 3.30. The molecule has 10 heavy (non-hydrogen) atoms. The lowest BCUT2D eigenvalue weighted by atomic mass is 10.1. The van der Waals surface area contributed by atoms with Crippen molar-refractivity contribution in [1.82, 2.24) is 5.32 Å². The van der Waals surface area contributed by atoms with E-state index in [0.717, 1.165) is 18.4 Å². The Morgan fingerprint density at radius 2 is 1.90 bits per heavy atom. The third-order valence-electron chi connectivity index (χ3n) is 2.31. The van der Waals surface area contributed by atoms with Gasteiger partial charge in [-0.2, -0.15) is 0 Å². The Balaban J connectivity index is 0.000000405. The number of rotatable bonds is 0. The van der Waals surface area contributed by atoms with Gasteiger partial charge in [-0.15, -0.1) is 24.8 Å². The van der Waals surface area contributed by atoms with E-state index in [4.69, 9.17) is 5.73 Å². The van der Waals surface area contributed by atoms with Crippen molar-refractivity contribution in [3.8, 4) is 0 Å². The predicted octanol–water partition coefficient (Wildman–Crippen LogP) is 0.397. The summed E-state index contributed by atoms with van der Waals surface area (Å²) in [6.07, 6.45) is 1.38. The number of nitrogens with two attached hydrogens (primary N) is 1. The van der Waals surface area contributed by atoms with Gasteiger partial charge in [0.2, 0.25) is 0 Å². The van der Waals surface area contributed by atoms with Crippen LogP contribution in [0.15, 0.2) is 0 Å². The molecule has 2 fully saturated rings. The van der Waals surface area contributed by atoms with E-state index >= 15 is 0 Å². The lowest BCUT2D eigenvalue weighted by Crippen LogP contribution is -2.41. The first-order valence-electron chi connectivity index (χ1n) is 3.34. The fourth-order valence-electron chi connectivity index (χ4n) is 1.62. The van der Waals surface area contributed by atoms with Gasteiger partial charge in [0.1, 0.15) is 0 Å². The maximum atomic E-state index is 5.76. The summed E-state index contributed by atoms with van der Waals surface area (Å²) in [4.78, 5) is 0. The molecule has 1 saturated carbocycles. The van der Waals surface area contributed by atoms with Gasteiger partial charge in [0.15, 0.2) is 0 Å². The van der Waals surface area contributed by atoms with E-state index in [0.29, 0.717) is 6.04 Å². The summed E-state index contributed by atoms with van der Waals surface area (Å²) < 4.78 is 0. The van der Waals surface area contributed by atoms with Crippen LogP contribution in [0.5, 0.6) is 0 Å². The van der Waals surface area contributed by atoms with Gasteiger partial charge in [0.25, 0.3) is 0 Å². The summed E-state index contributed by atoms with van der Waals surface area (Å²) in [6, 6.07) is 0.466. The van der Waals surface area contributed by atoms with E-state index in [2.05, 4.69) is 5.32 Å². The number of nitrogens with one attached hydrogen (secondary N) is 1. The third kappa shape index (κ3) is 1.76. The fraction of sp³-hybridized carbons (Fsp3) is 1.00. The molecule has 3 N–H and O–H groups in total. The molecule has 2 aliphatic rings. The average Bonchev–Trinajstić information content (AvgIpc) is 2.45. The molecule has 0 bridgehead atoms. The van der Waals surface area contributed by atoms with Crippen molar-refractivity contribution in [2.45, 2.75) is 12.5 Å². The van der Waals surface area contributed by atoms with Crippen LogP contribution in [0, 0.1) is 11.8 Å². The molecule has 0 spiro atoms. The van der Waals surface area contributed by atoms with Crippen LogP contribution in [-0.2, 0) is 0 Å². The van der Waals surface area contributed by atoms with Crippen LogP contribution in [0.25, 0.3) is 0 Å². The summed E-state index contributed by atoms with van der Waals surface area (Å²) in [6.45, 7) is 2.26. The molecule has 3 atom stereocenters. The Morgan fingerprint density at radius 1 is 1.20 bits per heavy atom. The summed E-state index contributed by atoms with van der Waals surface area (Å²) in [5.74, 6) is 1.83. The Morgan fingerprint density at radius 3 is 2.40 bits per heavy atom. The molecule has 1 heterocycles. The number of hydrogen-bond donors (Lipinski definition) is 2. The Labute approximate surface area is 73.7 Å². The molecule has 3 unspecified atom stereocenters. The van der Waals surface area contributed by atoms with Crippen molar-refractivity contribution in [2.75, 3.05) is 13.1 Å². The molecular weight excluding hydrogens is 171 g/mol. The van der Waals surface area contributed by atoms with Crippen LogP contribution in [-0.4, -0.2) is 19.1 Å². The first kappa shape index (κ1) is 10.5. The van der Waals surface area contributed by atoms with Gasteiger partial charge in [-0.1, -0.05) is 0 Å². The Kier molecular flexibility index (Phi) is 3.95. The molecule has 4 heteroatoms. The first-order valence-corrected chi connectivity index (χ1v) is 3.34. The fourth-order valence-corrected chi connectivity index (χ4v) is 1.62. The highest BCUT2D eigenvalue weighted by atomic mass is 35.5. The zero-order valence-corrected chi connectivity index (χ0v) is 7.38. The van der Waals surface area contributed by atoms with Gasteiger partial charge in [0, 0.05) is 12.6 Å². The second-order valence-corrected chi connectivity index (χ2v) is 2.98. The van der Waals surface area contributed by atoms with Gasteiger partial charge < -0.3 is 11.1 Å². The molecule has 1 aliphatic heterocycles. The van der Waals surface area contributed by atoms with Gasteiger partial charge in [-0.25, -0.2) is 0 Å². The second kappa shape index (κ2) is 3.77. The minimum Gasteiger partial charge on any atom is -0.326 e. The van der Waals surface area contributed by atoms with Gasteiger partial charge in [-0.05, 0) is 24.8 Å². The van der Waals surface area contributed by atoms with Gasteiger partial charge in [-0.3, -0.25) is 0 Å². The molecule has 2 nitrogen and oxygen atoms in total. The van der Waals surface area contributed by atoms with Crippen molar-refractivity contribution in [1.29, 1.82) is 0 Å². The average molecular weight is 185 g/mol. The Bertz CT molecular complexity index is 110. The van der Waals surface area contributed by atoms with E-state index in [1.54, 1.807) is 0 Å². The molecule has 0 radical (unpaired) electrons.